The first kappa shape index (κ1) is 23.0. The summed E-state index contributed by atoms with van der Waals surface area (Å²) >= 11 is 0. The molecule has 8 nitrogen and oxygen atoms in total. The zero-order chi connectivity index (χ0) is 23.5. The molecule has 0 heterocycles. The van der Waals surface area contributed by atoms with Gasteiger partial charge in [0.05, 0.1) is 37.1 Å². The van der Waals surface area contributed by atoms with Crippen LogP contribution in [0.15, 0.2) is 77.9 Å². The van der Waals surface area contributed by atoms with Crippen molar-refractivity contribution in [3.05, 3.63) is 95.1 Å². The topological polar surface area (TPSA) is 113 Å². The van der Waals surface area contributed by atoms with E-state index in [1.165, 1.54) is 13.3 Å². The molecule has 0 aliphatic heterocycles. The molecule has 0 atom stereocenters. The Hall–Kier alpha value is -4.64. The molecule has 33 heavy (non-hydrogen) atoms. The molecule has 0 unspecified atom stereocenters. The molecule has 3 aromatic carbocycles. The monoisotopic (exact) mass is 442 g/mol. The molecule has 0 spiro atoms. The average Bonchev–Trinajstić information content (AvgIpc) is 2.86. The van der Waals surface area contributed by atoms with Gasteiger partial charge in [0.2, 0.25) is 0 Å². The molecular formula is C25H22N4O4. The molecule has 0 fully saturated rings. The summed E-state index contributed by atoms with van der Waals surface area (Å²) in [5.41, 5.74) is 4.67. The van der Waals surface area contributed by atoms with Crippen LogP contribution in [0.3, 0.4) is 0 Å². The van der Waals surface area contributed by atoms with E-state index < -0.39 is 11.8 Å². The van der Waals surface area contributed by atoms with Crippen molar-refractivity contribution in [3.63, 3.8) is 0 Å². The summed E-state index contributed by atoms with van der Waals surface area (Å²) in [4.78, 5) is 24.3. The smallest absolute Gasteiger partial charge is 0.259 e. The molecule has 0 radical (unpaired) electrons. The van der Waals surface area contributed by atoms with Crippen molar-refractivity contribution in [2.24, 2.45) is 5.10 Å². The van der Waals surface area contributed by atoms with Gasteiger partial charge in [-0.1, -0.05) is 42.5 Å². The van der Waals surface area contributed by atoms with Gasteiger partial charge in [0.25, 0.3) is 11.8 Å². The Balaban J connectivity index is 1.54. The third kappa shape index (κ3) is 6.42. The van der Waals surface area contributed by atoms with Crippen LogP contribution in [-0.2, 0) is 11.4 Å². The molecule has 0 saturated heterocycles. The summed E-state index contributed by atoms with van der Waals surface area (Å²) < 4.78 is 11.0. The van der Waals surface area contributed by atoms with E-state index in [4.69, 9.17) is 9.47 Å². The maximum Gasteiger partial charge on any atom is 0.259 e. The zero-order valence-corrected chi connectivity index (χ0v) is 17.9. The van der Waals surface area contributed by atoms with E-state index in [1.807, 2.05) is 24.3 Å². The van der Waals surface area contributed by atoms with E-state index in [9.17, 15) is 14.9 Å². The molecule has 3 aromatic rings. The van der Waals surface area contributed by atoms with Gasteiger partial charge in [0.15, 0.2) is 0 Å². The fraction of sp³-hybridized carbons (Fsp3) is 0.120. The molecule has 0 aliphatic carbocycles. The number of rotatable bonds is 9. The number of nitrogens with zero attached hydrogens (tertiary/aromatic N) is 2. The minimum Gasteiger partial charge on any atom is -0.496 e. The zero-order valence-electron chi connectivity index (χ0n) is 17.9. The molecule has 3 rings (SSSR count). The van der Waals surface area contributed by atoms with Crippen LogP contribution in [0, 0.1) is 11.3 Å². The maximum atomic E-state index is 12.3. The van der Waals surface area contributed by atoms with Crippen LogP contribution < -0.4 is 20.2 Å². The Morgan fingerprint density at radius 2 is 1.70 bits per heavy atom. The molecular weight excluding hydrogens is 420 g/mol. The van der Waals surface area contributed by atoms with E-state index in [2.05, 4.69) is 21.9 Å². The van der Waals surface area contributed by atoms with Crippen molar-refractivity contribution in [1.82, 2.24) is 10.7 Å². The fourth-order valence-electron chi connectivity index (χ4n) is 2.93. The number of ether oxygens (including phenoxy) is 2. The Labute approximate surface area is 191 Å². The second kappa shape index (κ2) is 11.7. The van der Waals surface area contributed by atoms with Crippen molar-refractivity contribution >= 4 is 18.0 Å². The Bertz CT molecular complexity index is 1200. The van der Waals surface area contributed by atoms with Crippen molar-refractivity contribution in [2.75, 3.05) is 13.7 Å². The van der Waals surface area contributed by atoms with E-state index in [0.717, 1.165) is 5.56 Å². The van der Waals surface area contributed by atoms with E-state index in [0.29, 0.717) is 28.2 Å². The summed E-state index contributed by atoms with van der Waals surface area (Å²) in [5.74, 6) is 0.0500. The predicted octanol–water partition coefficient (Wildman–Crippen LogP) is 3.03. The van der Waals surface area contributed by atoms with Gasteiger partial charge in [0.1, 0.15) is 18.1 Å². The van der Waals surface area contributed by atoms with Crippen LogP contribution in [0.5, 0.6) is 11.5 Å². The van der Waals surface area contributed by atoms with Crippen molar-refractivity contribution in [2.45, 2.75) is 6.61 Å². The highest BCUT2D eigenvalue weighted by atomic mass is 16.5. The number of hydrogen-bond acceptors (Lipinski definition) is 6. The highest BCUT2D eigenvalue weighted by molar-refractivity contribution is 5.98. The minimum atomic E-state index is -0.490. The Morgan fingerprint density at radius 3 is 2.48 bits per heavy atom. The number of hydrogen-bond donors (Lipinski definition) is 2. The lowest BCUT2D eigenvalue weighted by molar-refractivity contribution is -0.120. The first-order chi connectivity index (χ1) is 16.1. The Morgan fingerprint density at radius 1 is 1.00 bits per heavy atom. The van der Waals surface area contributed by atoms with Crippen LogP contribution in [0.2, 0.25) is 0 Å². The lowest BCUT2D eigenvalue weighted by Gasteiger charge is -2.10. The second-order valence-corrected chi connectivity index (χ2v) is 6.77. The van der Waals surface area contributed by atoms with Gasteiger partial charge in [-0.15, -0.1) is 0 Å². The minimum absolute atomic E-state index is 0.218. The molecule has 0 aromatic heterocycles. The Kier molecular flexibility index (Phi) is 8.15. The van der Waals surface area contributed by atoms with Crippen LogP contribution >= 0.6 is 0 Å². The number of benzene rings is 3. The summed E-state index contributed by atoms with van der Waals surface area (Å²) in [6.45, 7) is -0.0345. The van der Waals surface area contributed by atoms with Crippen molar-refractivity contribution < 1.29 is 19.1 Å². The molecule has 166 valence electrons. The normalized spacial score (nSPS) is 10.3. The largest absolute Gasteiger partial charge is 0.496 e. The van der Waals surface area contributed by atoms with E-state index >= 15 is 0 Å². The number of methoxy groups -OCH3 is 1. The summed E-state index contributed by atoms with van der Waals surface area (Å²) in [6.07, 6.45) is 1.45. The first-order valence-electron chi connectivity index (χ1n) is 10.1. The third-order valence-electron chi connectivity index (χ3n) is 4.59. The number of nitriles is 1. The SMILES string of the molecule is COc1ccccc1C(=O)NCC(=O)NN=Cc1ccccc1OCc1ccccc1C#N. The highest BCUT2D eigenvalue weighted by Crippen LogP contribution is 2.19. The number of para-hydroxylation sites is 2. The molecule has 2 amide bonds. The number of amides is 2. The van der Waals surface area contributed by atoms with Gasteiger partial charge in [-0.05, 0) is 30.3 Å². The molecule has 8 heteroatoms. The standard InChI is InChI=1S/C25H22N4O4/c1-32-23-13-7-5-11-21(23)25(31)27-16-24(30)29-28-15-19-9-4-6-12-22(19)33-17-20-10-3-2-8-18(20)14-26/h2-13,15H,16-17H2,1H3,(H,27,31)(H,29,30). The van der Waals surface area contributed by atoms with Gasteiger partial charge in [-0.3, -0.25) is 9.59 Å². The van der Waals surface area contributed by atoms with Gasteiger partial charge < -0.3 is 14.8 Å². The summed E-state index contributed by atoms with van der Waals surface area (Å²) in [5, 5.41) is 15.7. The van der Waals surface area contributed by atoms with E-state index in [1.54, 1.807) is 48.5 Å². The lowest BCUT2D eigenvalue weighted by atomic mass is 10.1. The number of carbonyl (C=O) groups excluding carboxylic acids is 2. The van der Waals surface area contributed by atoms with Crippen LogP contribution in [0.25, 0.3) is 0 Å². The third-order valence-corrected chi connectivity index (χ3v) is 4.59. The van der Waals surface area contributed by atoms with Gasteiger partial charge >= 0.3 is 0 Å². The maximum absolute atomic E-state index is 12.3. The summed E-state index contributed by atoms with van der Waals surface area (Å²) in [6, 6.07) is 23.2. The lowest BCUT2D eigenvalue weighted by Crippen LogP contribution is -2.35. The van der Waals surface area contributed by atoms with Crippen LogP contribution in [0.4, 0.5) is 0 Å². The van der Waals surface area contributed by atoms with Crippen molar-refractivity contribution in [1.29, 1.82) is 5.26 Å². The number of carbonyl (C=O) groups is 2. The first-order valence-corrected chi connectivity index (χ1v) is 10.1. The quantitative estimate of drug-likeness (QED) is 0.391. The number of hydrazone groups is 1. The van der Waals surface area contributed by atoms with Gasteiger partial charge in [-0.2, -0.15) is 10.4 Å². The van der Waals surface area contributed by atoms with Crippen LogP contribution in [-0.4, -0.2) is 31.7 Å². The highest BCUT2D eigenvalue weighted by Gasteiger charge is 2.12. The van der Waals surface area contributed by atoms with Gasteiger partial charge in [0, 0.05) is 11.1 Å². The number of nitrogens with one attached hydrogen (secondary N) is 2. The average molecular weight is 442 g/mol. The van der Waals surface area contributed by atoms with Gasteiger partial charge in [-0.25, -0.2) is 5.43 Å². The van der Waals surface area contributed by atoms with Crippen LogP contribution in [0.1, 0.15) is 27.0 Å². The molecule has 0 aliphatic rings. The fourth-order valence-corrected chi connectivity index (χ4v) is 2.93. The molecule has 0 bridgehead atoms. The molecule has 2 N–H and O–H groups in total. The second-order valence-electron chi connectivity index (χ2n) is 6.77. The van der Waals surface area contributed by atoms with E-state index in [-0.39, 0.29) is 13.2 Å². The van der Waals surface area contributed by atoms with Crippen molar-refractivity contribution in [3.8, 4) is 17.6 Å². The molecule has 0 saturated carbocycles. The predicted molar refractivity (Wildman–Crippen MR) is 123 cm³/mol. The summed E-state index contributed by atoms with van der Waals surface area (Å²) in [7, 11) is 1.47.